The second-order valence-electron chi connectivity index (χ2n) is 8.76. The molecule has 0 aromatic rings. The number of hydrogen-bond donors (Lipinski definition) is 3. The van der Waals surface area contributed by atoms with Crippen LogP contribution in [0.3, 0.4) is 0 Å². The van der Waals surface area contributed by atoms with Crippen LogP contribution in [0.15, 0.2) is 4.99 Å². The van der Waals surface area contributed by atoms with Crippen LogP contribution in [-0.2, 0) is 14.2 Å². The molecule has 0 atom stereocenters. The van der Waals surface area contributed by atoms with E-state index in [4.69, 9.17) is 14.2 Å². The summed E-state index contributed by atoms with van der Waals surface area (Å²) in [7, 11) is 3.55. The van der Waals surface area contributed by atoms with Crippen LogP contribution in [0.1, 0.15) is 59.3 Å². The van der Waals surface area contributed by atoms with Gasteiger partial charge in [0, 0.05) is 58.8 Å². The molecule has 8 nitrogen and oxygen atoms in total. The highest BCUT2D eigenvalue weighted by Crippen LogP contribution is 2.23. The highest BCUT2D eigenvalue weighted by Gasteiger charge is 2.33. The summed E-state index contributed by atoms with van der Waals surface area (Å²) in [4.78, 5) is 16.3. The minimum Gasteiger partial charge on any atom is -0.444 e. The Bertz CT molecular complexity index is 525. The molecule has 1 aliphatic carbocycles. The lowest BCUT2D eigenvalue weighted by Crippen LogP contribution is -2.53. The fourth-order valence-corrected chi connectivity index (χ4v) is 3.69. The largest absolute Gasteiger partial charge is 0.444 e. The van der Waals surface area contributed by atoms with Gasteiger partial charge in [0.2, 0.25) is 0 Å². The quantitative estimate of drug-likeness (QED) is 0.290. The van der Waals surface area contributed by atoms with Crippen LogP contribution in [0.5, 0.6) is 0 Å². The fourth-order valence-electron chi connectivity index (χ4n) is 3.69. The summed E-state index contributed by atoms with van der Waals surface area (Å²) in [5.74, 6) is 0.798. The number of alkyl carbamates (subject to hydrolysis) is 1. The van der Waals surface area contributed by atoms with Gasteiger partial charge in [-0.3, -0.25) is 4.99 Å². The first-order valence-corrected chi connectivity index (χ1v) is 10.3. The van der Waals surface area contributed by atoms with E-state index in [9.17, 15) is 4.79 Å². The molecule has 1 amide bonds. The van der Waals surface area contributed by atoms with Gasteiger partial charge >= 0.3 is 6.09 Å². The average molecular weight is 526 g/mol. The Morgan fingerprint density at radius 2 is 1.66 bits per heavy atom. The lowest BCUT2D eigenvalue weighted by Gasteiger charge is -2.37. The number of carbonyl (C=O) groups is 1. The van der Waals surface area contributed by atoms with Crippen molar-refractivity contribution < 1.29 is 19.0 Å². The first-order chi connectivity index (χ1) is 13.3. The van der Waals surface area contributed by atoms with E-state index in [-0.39, 0.29) is 41.7 Å². The molecule has 1 heterocycles. The Hall–Kier alpha value is -0.810. The van der Waals surface area contributed by atoms with Gasteiger partial charge in [-0.05, 0) is 46.5 Å². The van der Waals surface area contributed by atoms with Gasteiger partial charge in [-0.25, -0.2) is 4.79 Å². The van der Waals surface area contributed by atoms with E-state index in [1.165, 1.54) is 0 Å². The van der Waals surface area contributed by atoms with E-state index in [0.29, 0.717) is 12.6 Å². The number of ether oxygens (including phenoxy) is 3. The normalized spacial score (nSPS) is 24.8. The van der Waals surface area contributed by atoms with Crippen LogP contribution in [0.4, 0.5) is 4.79 Å². The molecule has 2 rings (SSSR count). The Kier molecular flexibility index (Phi) is 11.0. The van der Waals surface area contributed by atoms with Crippen LogP contribution < -0.4 is 16.0 Å². The molecule has 3 N–H and O–H groups in total. The van der Waals surface area contributed by atoms with Gasteiger partial charge in [-0.15, -0.1) is 24.0 Å². The van der Waals surface area contributed by atoms with E-state index < -0.39 is 5.60 Å². The monoisotopic (exact) mass is 526 g/mol. The van der Waals surface area contributed by atoms with Crippen molar-refractivity contribution in [3.63, 3.8) is 0 Å². The number of aliphatic imine (C=N–C) groups is 1. The average Bonchev–Trinajstić information content (AvgIpc) is 2.65. The van der Waals surface area contributed by atoms with Crippen molar-refractivity contribution in [3.05, 3.63) is 0 Å². The van der Waals surface area contributed by atoms with E-state index in [1.54, 1.807) is 14.2 Å². The number of nitrogens with one attached hydrogen (secondary N) is 3. The molecular weight excluding hydrogens is 487 g/mol. The molecule has 0 radical (unpaired) electrons. The minimum atomic E-state index is -0.467. The SMILES string of the molecule is CN=C(NCC1(OC)CCOCC1)NC1CCC(NC(=O)OC(C)(C)C)CC1.I. The second-order valence-corrected chi connectivity index (χ2v) is 8.76. The Labute approximate surface area is 192 Å². The Morgan fingerprint density at radius 1 is 1.10 bits per heavy atom. The first kappa shape index (κ1) is 26.2. The minimum absolute atomic E-state index is 0. The molecule has 1 aliphatic heterocycles. The molecular formula is C20H39IN4O4. The molecule has 1 saturated carbocycles. The number of methoxy groups -OCH3 is 1. The summed E-state index contributed by atoms with van der Waals surface area (Å²) in [6.45, 7) is 7.80. The van der Waals surface area contributed by atoms with Crippen molar-refractivity contribution in [3.8, 4) is 0 Å². The third-order valence-corrected chi connectivity index (χ3v) is 5.43. The van der Waals surface area contributed by atoms with Gasteiger partial charge in [-0.2, -0.15) is 0 Å². The molecule has 1 saturated heterocycles. The third-order valence-electron chi connectivity index (χ3n) is 5.43. The highest BCUT2D eigenvalue weighted by atomic mass is 127. The molecule has 0 unspecified atom stereocenters. The number of hydrogen-bond acceptors (Lipinski definition) is 5. The summed E-state index contributed by atoms with van der Waals surface area (Å²) in [5, 5.41) is 9.90. The van der Waals surface area contributed by atoms with Crippen molar-refractivity contribution >= 4 is 36.0 Å². The molecule has 170 valence electrons. The van der Waals surface area contributed by atoms with Gasteiger partial charge in [0.15, 0.2) is 5.96 Å². The number of halogens is 1. The maximum absolute atomic E-state index is 11.9. The molecule has 0 aromatic heterocycles. The molecule has 2 aliphatic rings. The molecule has 29 heavy (non-hydrogen) atoms. The summed E-state index contributed by atoms with van der Waals surface area (Å²) in [5.41, 5.74) is -0.657. The summed E-state index contributed by atoms with van der Waals surface area (Å²) >= 11 is 0. The molecule has 0 aromatic carbocycles. The standard InChI is InChI=1S/C20H38N4O4.HI/c1-19(2,3)28-18(25)24-16-8-6-15(7-9-16)23-17(21-4)22-14-20(26-5)10-12-27-13-11-20;/h15-16H,6-14H2,1-5H3,(H,24,25)(H2,21,22,23);1H. The van der Waals surface area contributed by atoms with Crippen LogP contribution in [0.25, 0.3) is 0 Å². The van der Waals surface area contributed by atoms with E-state index in [0.717, 1.165) is 57.7 Å². The van der Waals surface area contributed by atoms with Gasteiger partial charge < -0.3 is 30.2 Å². The summed E-state index contributed by atoms with van der Waals surface area (Å²) < 4.78 is 16.6. The number of carbonyl (C=O) groups excluding carboxylic acids is 1. The van der Waals surface area contributed by atoms with Crippen molar-refractivity contribution in [2.24, 2.45) is 4.99 Å². The number of amides is 1. The molecule has 0 bridgehead atoms. The van der Waals surface area contributed by atoms with Crippen molar-refractivity contribution in [1.82, 2.24) is 16.0 Å². The van der Waals surface area contributed by atoms with E-state index in [2.05, 4.69) is 20.9 Å². The lowest BCUT2D eigenvalue weighted by atomic mass is 9.91. The van der Waals surface area contributed by atoms with Crippen LogP contribution in [-0.4, -0.2) is 69.3 Å². The van der Waals surface area contributed by atoms with Crippen molar-refractivity contribution in [1.29, 1.82) is 0 Å². The maximum atomic E-state index is 11.9. The van der Waals surface area contributed by atoms with E-state index >= 15 is 0 Å². The van der Waals surface area contributed by atoms with Gasteiger partial charge in [0.25, 0.3) is 0 Å². The zero-order valence-electron chi connectivity index (χ0n) is 18.5. The Balaban J connectivity index is 0.00000420. The molecule has 9 heteroatoms. The third kappa shape index (κ3) is 9.25. The second kappa shape index (κ2) is 12.1. The smallest absolute Gasteiger partial charge is 0.407 e. The number of guanidine groups is 1. The maximum Gasteiger partial charge on any atom is 0.407 e. The predicted molar refractivity (Wildman–Crippen MR) is 125 cm³/mol. The van der Waals surface area contributed by atoms with Crippen molar-refractivity contribution in [2.45, 2.75) is 82.6 Å². The zero-order valence-corrected chi connectivity index (χ0v) is 20.8. The molecule has 2 fully saturated rings. The van der Waals surface area contributed by atoms with Crippen molar-refractivity contribution in [2.75, 3.05) is 33.9 Å². The Morgan fingerprint density at radius 3 is 2.14 bits per heavy atom. The molecule has 0 spiro atoms. The van der Waals surface area contributed by atoms with Crippen LogP contribution in [0, 0.1) is 0 Å². The van der Waals surface area contributed by atoms with Gasteiger partial charge in [0.05, 0.1) is 5.60 Å². The van der Waals surface area contributed by atoms with E-state index in [1.807, 2.05) is 20.8 Å². The van der Waals surface area contributed by atoms with Crippen LogP contribution >= 0.6 is 24.0 Å². The number of nitrogens with zero attached hydrogens (tertiary/aromatic N) is 1. The topological polar surface area (TPSA) is 93.2 Å². The van der Waals surface area contributed by atoms with Gasteiger partial charge in [0.1, 0.15) is 5.60 Å². The number of rotatable bonds is 5. The lowest BCUT2D eigenvalue weighted by molar-refractivity contribution is -0.0855. The first-order valence-electron chi connectivity index (χ1n) is 10.3. The predicted octanol–water partition coefficient (Wildman–Crippen LogP) is 2.80. The zero-order chi connectivity index (χ0) is 20.6. The highest BCUT2D eigenvalue weighted by molar-refractivity contribution is 14.0. The van der Waals surface area contributed by atoms with Gasteiger partial charge in [-0.1, -0.05) is 0 Å². The summed E-state index contributed by atoms with van der Waals surface area (Å²) in [6.07, 6.45) is 5.24. The fraction of sp³-hybridized carbons (Fsp3) is 0.900. The van der Waals surface area contributed by atoms with Crippen LogP contribution in [0.2, 0.25) is 0 Å². The summed E-state index contributed by atoms with van der Waals surface area (Å²) in [6, 6.07) is 0.512.